The van der Waals surface area contributed by atoms with Crippen LogP contribution >= 0.6 is 23.2 Å². The van der Waals surface area contributed by atoms with Crippen molar-refractivity contribution in [3.8, 4) is 0 Å². The molecule has 126 valence electrons. The molecule has 0 saturated carbocycles. The highest BCUT2D eigenvalue weighted by Crippen LogP contribution is 2.24. The Bertz CT molecular complexity index is 695. The number of hydrogen-bond donors (Lipinski definition) is 1. The van der Waals surface area contributed by atoms with Gasteiger partial charge in [-0.2, -0.15) is 4.72 Å². The normalized spacial score (nSPS) is 12.5. The summed E-state index contributed by atoms with van der Waals surface area (Å²) in [5.41, 5.74) is 0. The molecule has 0 fully saturated rings. The van der Waals surface area contributed by atoms with Crippen LogP contribution in [-0.2, 0) is 14.8 Å². The highest BCUT2D eigenvalue weighted by Gasteiger charge is 2.25. The molecule has 1 rings (SSSR count). The van der Waals surface area contributed by atoms with Crippen LogP contribution in [0.5, 0.6) is 0 Å². The first-order valence-corrected chi connectivity index (χ1v) is 8.94. The van der Waals surface area contributed by atoms with Crippen molar-refractivity contribution in [2.75, 3.05) is 13.1 Å². The van der Waals surface area contributed by atoms with Crippen molar-refractivity contribution < 1.29 is 13.2 Å². The molecule has 8 heteroatoms. The maximum absolute atomic E-state index is 12.3. The van der Waals surface area contributed by atoms with Crippen LogP contribution < -0.4 is 4.72 Å². The van der Waals surface area contributed by atoms with Gasteiger partial charge in [-0.15, -0.1) is 13.2 Å². The highest BCUT2D eigenvalue weighted by atomic mass is 35.5. The van der Waals surface area contributed by atoms with Crippen molar-refractivity contribution in [1.29, 1.82) is 0 Å². The molecule has 5 nitrogen and oxygen atoms in total. The van der Waals surface area contributed by atoms with E-state index in [1.165, 1.54) is 30.0 Å². The maximum atomic E-state index is 12.3. The minimum atomic E-state index is -3.90. The minimum absolute atomic E-state index is 0.0643. The summed E-state index contributed by atoms with van der Waals surface area (Å²) >= 11 is 11.6. The van der Waals surface area contributed by atoms with Gasteiger partial charge in [0.05, 0.1) is 21.0 Å². The molecule has 23 heavy (non-hydrogen) atoms. The second-order valence-corrected chi connectivity index (χ2v) is 7.27. The predicted molar refractivity (Wildman–Crippen MR) is 93.2 cm³/mol. The SMILES string of the molecule is C=CCN(CC=C)C(=O)C(C)NS(=O)(=O)c1ccc(Cl)c(Cl)c1. The molecular formula is C15H18Cl2N2O3S. The summed E-state index contributed by atoms with van der Waals surface area (Å²) in [6.07, 6.45) is 3.11. The number of hydrogen-bond acceptors (Lipinski definition) is 3. The molecule has 0 heterocycles. The van der Waals surface area contributed by atoms with Crippen LogP contribution in [0, 0.1) is 0 Å². The molecule has 1 N–H and O–H groups in total. The first kappa shape index (κ1) is 19.7. The average Bonchev–Trinajstić information content (AvgIpc) is 2.48. The third-order valence-electron chi connectivity index (χ3n) is 2.91. The van der Waals surface area contributed by atoms with Gasteiger partial charge in [0.1, 0.15) is 0 Å². The van der Waals surface area contributed by atoms with Crippen molar-refractivity contribution in [3.05, 3.63) is 53.6 Å². The molecule has 1 atom stereocenters. The standard InChI is InChI=1S/C15H18Cl2N2O3S/c1-4-8-19(9-5-2)15(20)11(3)18-23(21,22)12-6-7-13(16)14(17)10-12/h4-7,10-11,18H,1-2,8-9H2,3H3. The van der Waals surface area contributed by atoms with Crippen molar-refractivity contribution in [2.45, 2.75) is 17.9 Å². The number of rotatable bonds is 8. The van der Waals surface area contributed by atoms with Gasteiger partial charge in [0.25, 0.3) is 0 Å². The summed E-state index contributed by atoms with van der Waals surface area (Å²) in [7, 11) is -3.90. The number of halogens is 2. The Morgan fingerprint density at radius 3 is 2.30 bits per heavy atom. The fraction of sp³-hybridized carbons (Fsp3) is 0.267. The van der Waals surface area contributed by atoms with Gasteiger partial charge < -0.3 is 4.90 Å². The van der Waals surface area contributed by atoms with Crippen LogP contribution in [0.4, 0.5) is 0 Å². The predicted octanol–water partition coefficient (Wildman–Crippen LogP) is 2.86. The van der Waals surface area contributed by atoms with Gasteiger partial charge in [-0.3, -0.25) is 4.79 Å². The third kappa shape index (κ3) is 5.35. The zero-order chi connectivity index (χ0) is 17.6. The maximum Gasteiger partial charge on any atom is 0.241 e. The lowest BCUT2D eigenvalue weighted by molar-refractivity contribution is -0.131. The quantitative estimate of drug-likeness (QED) is 0.709. The molecule has 1 aromatic carbocycles. The largest absolute Gasteiger partial charge is 0.334 e. The van der Waals surface area contributed by atoms with E-state index in [0.717, 1.165) is 0 Å². The van der Waals surface area contributed by atoms with E-state index < -0.39 is 16.1 Å². The smallest absolute Gasteiger partial charge is 0.241 e. The van der Waals surface area contributed by atoms with Crippen LogP contribution in [0.3, 0.4) is 0 Å². The Hall–Kier alpha value is -1.34. The van der Waals surface area contributed by atoms with Gasteiger partial charge in [-0.05, 0) is 25.1 Å². The Morgan fingerprint density at radius 2 is 1.83 bits per heavy atom. The van der Waals surface area contributed by atoms with E-state index >= 15 is 0 Å². The van der Waals surface area contributed by atoms with E-state index in [1.54, 1.807) is 12.2 Å². The molecule has 1 aromatic rings. The third-order valence-corrected chi connectivity index (χ3v) is 5.19. The molecular weight excluding hydrogens is 359 g/mol. The first-order chi connectivity index (χ1) is 10.7. The van der Waals surface area contributed by atoms with Crippen molar-refractivity contribution >= 4 is 39.1 Å². The van der Waals surface area contributed by atoms with Gasteiger partial charge in [-0.25, -0.2) is 8.42 Å². The molecule has 0 spiro atoms. The first-order valence-electron chi connectivity index (χ1n) is 6.71. The van der Waals surface area contributed by atoms with Crippen molar-refractivity contribution in [3.63, 3.8) is 0 Å². The second-order valence-electron chi connectivity index (χ2n) is 4.74. The number of benzene rings is 1. The summed E-state index contributed by atoms with van der Waals surface area (Å²) < 4.78 is 27.0. The minimum Gasteiger partial charge on any atom is -0.334 e. The van der Waals surface area contributed by atoms with Gasteiger partial charge in [0, 0.05) is 13.1 Å². The topological polar surface area (TPSA) is 66.5 Å². The number of carbonyl (C=O) groups is 1. The molecule has 0 saturated heterocycles. The van der Waals surface area contributed by atoms with E-state index in [9.17, 15) is 13.2 Å². The summed E-state index contributed by atoms with van der Waals surface area (Å²) in [5, 5.41) is 0.367. The van der Waals surface area contributed by atoms with E-state index in [2.05, 4.69) is 17.9 Å². The lowest BCUT2D eigenvalue weighted by atomic mass is 10.3. The Balaban J connectivity index is 2.94. The molecule has 0 radical (unpaired) electrons. The van der Waals surface area contributed by atoms with E-state index in [4.69, 9.17) is 23.2 Å². The second kappa shape index (κ2) is 8.49. The summed E-state index contributed by atoms with van der Waals surface area (Å²) in [6, 6.07) is 2.98. The van der Waals surface area contributed by atoms with Crippen LogP contribution in [0.15, 0.2) is 48.4 Å². The molecule has 0 aliphatic rings. The summed E-state index contributed by atoms with van der Waals surface area (Å²) in [4.78, 5) is 13.7. The molecule has 1 amide bonds. The Kier molecular flexibility index (Phi) is 7.28. The highest BCUT2D eigenvalue weighted by molar-refractivity contribution is 7.89. The van der Waals surface area contributed by atoms with Gasteiger partial charge >= 0.3 is 0 Å². The lowest BCUT2D eigenvalue weighted by Crippen LogP contribution is -2.47. The van der Waals surface area contributed by atoms with Crippen LogP contribution in [0.1, 0.15) is 6.92 Å². The summed E-state index contributed by atoms with van der Waals surface area (Å²) in [5.74, 6) is -0.381. The molecule has 0 bridgehead atoms. The number of carbonyl (C=O) groups excluding carboxylic acids is 1. The molecule has 1 unspecified atom stereocenters. The van der Waals surface area contributed by atoms with E-state index in [0.29, 0.717) is 13.1 Å². The van der Waals surface area contributed by atoms with E-state index in [-0.39, 0.29) is 20.8 Å². The monoisotopic (exact) mass is 376 g/mol. The van der Waals surface area contributed by atoms with Gasteiger partial charge in [0.2, 0.25) is 15.9 Å². The number of amides is 1. The molecule has 0 aromatic heterocycles. The summed E-state index contributed by atoms with van der Waals surface area (Å²) in [6.45, 7) is 9.20. The molecule has 0 aliphatic carbocycles. The number of nitrogens with one attached hydrogen (secondary N) is 1. The van der Waals surface area contributed by atoms with Crippen LogP contribution in [0.2, 0.25) is 10.0 Å². The molecule has 0 aliphatic heterocycles. The zero-order valence-electron chi connectivity index (χ0n) is 12.6. The van der Waals surface area contributed by atoms with Crippen molar-refractivity contribution in [2.24, 2.45) is 0 Å². The number of nitrogens with zero attached hydrogens (tertiary/aromatic N) is 1. The lowest BCUT2D eigenvalue weighted by Gasteiger charge is -2.23. The zero-order valence-corrected chi connectivity index (χ0v) is 15.0. The van der Waals surface area contributed by atoms with Crippen LogP contribution in [0.25, 0.3) is 0 Å². The van der Waals surface area contributed by atoms with Crippen LogP contribution in [-0.4, -0.2) is 38.4 Å². The van der Waals surface area contributed by atoms with Crippen molar-refractivity contribution in [1.82, 2.24) is 9.62 Å². The Labute approximate surface area is 146 Å². The number of sulfonamides is 1. The van der Waals surface area contributed by atoms with Gasteiger partial charge in [0.15, 0.2) is 0 Å². The average molecular weight is 377 g/mol. The van der Waals surface area contributed by atoms with E-state index in [1.807, 2.05) is 0 Å². The fourth-order valence-corrected chi connectivity index (χ4v) is 3.42. The van der Waals surface area contributed by atoms with Gasteiger partial charge in [-0.1, -0.05) is 35.4 Å². The Morgan fingerprint density at radius 1 is 1.26 bits per heavy atom. The fourth-order valence-electron chi connectivity index (χ4n) is 1.84.